The summed E-state index contributed by atoms with van der Waals surface area (Å²) in [4.78, 5) is 12.7. The van der Waals surface area contributed by atoms with Gasteiger partial charge in [0, 0.05) is 19.9 Å². The lowest BCUT2D eigenvalue weighted by atomic mass is 9.93. The predicted molar refractivity (Wildman–Crippen MR) is 89.9 cm³/mol. The minimum absolute atomic E-state index is 0.0463. The highest BCUT2D eigenvalue weighted by Gasteiger charge is 2.38. The van der Waals surface area contributed by atoms with Crippen LogP contribution in [0, 0.1) is 0 Å². The number of hydrogen-bond acceptors (Lipinski definition) is 4. The van der Waals surface area contributed by atoms with E-state index in [1.54, 1.807) is 14.2 Å². The van der Waals surface area contributed by atoms with E-state index >= 15 is 0 Å². The van der Waals surface area contributed by atoms with Crippen molar-refractivity contribution in [2.75, 3.05) is 32.8 Å². The molecule has 0 aliphatic heterocycles. The van der Waals surface area contributed by atoms with E-state index in [-0.39, 0.29) is 5.91 Å². The first-order chi connectivity index (χ1) is 11.2. The molecule has 1 aromatic carbocycles. The van der Waals surface area contributed by atoms with Crippen LogP contribution in [0.2, 0.25) is 0 Å². The third kappa shape index (κ3) is 4.94. The smallest absolute Gasteiger partial charge is 0.256 e. The van der Waals surface area contributed by atoms with Gasteiger partial charge in [-0.1, -0.05) is 25.7 Å². The van der Waals surface area contributed by atoms with Crippen molar-refractivity contribution in [3.05, 3.63) is 24.3 Å². The van der Waals surface area contributed by atoms with Crippen molar-refractivity contribution < 1.29 is 19.0 Å². The Balaban J connectivity index is 1.95. The summed E-state index contributed by atoms with van der Waals surface area (Å²) in [6.07, 6.45) is 5.99. The Morgan fingerprint density at radius 2 is 1.70 bits per heavy atom. The highest BCUT2D eigenvalue weighted by atomic mass is 16.5. The molecule has 0 atom stereocenters. The number of ether oxygens (including phenoxy) is 3. The van der Waals surface area contributed by atoms with Crippen LogP contribution >= 0.6 is 0 Å². The molecule has 1 aliphatic rings. The highest BCUT2D eigenvalue weighted by Crippen LogP contribution is 2.31. The summed E-state index contributed by atoms with van der Waals surface area (Å²) in [7, 11) is 3.28. The molecule has 0 unspecified atom stereocenters. The molecule has 0 spiro atoms. The SMILES string of the molecule is COCCOc1ccc(NC(=O)C2(OC)CCCCCC2)cc1. The van der Waals surface area contributed by atoms with E-state index < -0.39 is 5.60 Å². The predicted octanol–water partition coefficient (Wildman–Crippen LogP) is 3.39. The van der Waals surface area contributed by atoms with Crippen molar-refractivity contribution in [1.29, 1.82) is 0 Å². The maximum Gasteiger partial charge on any atom is 0.256 e. The zero-order chi connectivity index (χ0) is 16.5. The number of carbonyl (C=O) groups is 1. The van der Waals surface area contributed by atoms with Crippen LogP contribution in [0.5, 0.6) is 5.75 Å². The van der Waals surface area contributed by atoms with Crippen LogP contribution in [-0.4, -0.2) is 38.9 Å². The van der Waals surface area contributed by atoms with E-state index in [1.807, 2.05) is 24.3 Å². The van der Waals surface area contributed by atoms with Crippen molar-refractivity contribution >= 4 is 11.6 Å². The standard InChI is InChI=1S/C18H27NO4/c1-21-13-14-23-16-9-7-15(8-10-16)19-17(20)18(22-2)11-5-3-4-6-12-18/h7-10H,3-6,11-14H2,1-2H3,(H,19,20). The second-order valence-corrected chi connectivity index (χ2v) is 5.93. The molecule has 2 rings (SSSR count). The van der Waals surface area contributed by atoms with Gasteiger partial charge >= 0.3 is 0 Å². The molecule has 5 nitrogen and oxygen atoms in total. The zero-order valence-electron chi connectivity index (χ0n) is 14.1. The summed E-state index contributed by atoms with van der Waals surface area (Å²) >= 11 is 0. The number of hydrogen-bond donors (Lipinski definition) is 1. The second-order valence-electron chi connectivity index (χ2n) is 5.93. The lowest BCUT2D eigenvalue weighted by Crippen LogP contribution is -2.44. The zero-order valence-corrected chi connectivity index (χ0v) is 14.1. The monoisotopic (exact) mass is 321 g/mol. The van der Waals surface area contributed by atoms with Crippen molar-refractivity contribution in [2.24, 2.45) is 0 Å². The topological polar surface area (TPSA) is 56.8 Å². The molecule has 1 saturated carbocycles. The highest BCUT2D eigenvalue weighted by molar-refractivity contribution is 5.97. The van der Waals surface area contributed by atoms with Gasteiger partial charge in [0.25, 0.3) is 5.91 Å². The van der Waals surface area contributed by atoms with Crippen LogP contribution in [-0.2, 0) is 14.3 Å². The van der Waals surface area contributed by atoms with Crippen molar-refractivity contribution in [3.63, 3.8) is 0 Å². The quantitative estimate of drug-likeness (QED) is 0.618. The largest absolute Gasteiger partial charge is 0.491 e. The van der Waals surface area contributed by atoms with Crippen molar-refractivity contribution in [2.45, 2.75) is 44.1 Å². The molecule has 1 amide bonds. The first-order valence-electron chi connectivity index (χ1n) is 8.28. The van der Waals surface area contributed by atoms with Gasteiger partial charge in [0.05, 0.1) is 6.61 Å². The summed E-state index contributed by atoms with van der Waals surface area (Å²) in [6, 6.07) is 7.38. The van der Waals surface area contributed by atoms with Crippen LogP contribution in [0.4, 0.5) is 5.69 Å². The third-order valence-electron chi connectivity index (χ3n) is 4.38. The first kappa shape index (κ1) is 17.8. The Morgan fingerprint density at radius 1 is 1.04 bits per heavy atom. The first-order valence-corrected chi connectivity index (χ1v) is 8.28. The normalized spacial score (nSPS) is 17.3. The van der Waals surface area contributed by atoms with Gasteiger partial charge in [-0.3, -0.25) is 4.79 Å². The van der Waals surface area contributed by atoms with Gasteiger partial charge in [0.1, 0.15) is 18.0 Å². The minimum atomic E-state index is -0.690. The average Bonchev–Trinajstić information content (AvgIpc) is 2.83. The van der Waals surface area contributed by atoms with E-state index in [0.717, 1.165) is 37.1 Å². The number of rotatable bonds is 7. The molecular formula is C18H27NO4. The van der Waals surface area contributed by atoms with Gasteiger partial charge in [0.2, 0.25) is 0 Å². The molecule has 5 heteroatoms. The third-order valence-corrected chi connectivity index (χ3v) is 4.38. The van der Waals surface area contributed by atoms with Gasteiger partial charge < -0.3 is 19.5 Å². The Kier molecular flexibility index (Phi) is 6.86. The molecule has 1 aromatic rings. The average molecular weight is 321 g/mol. The number of benzene rings is 1. The van der Waals surface area contributed by atoms with Crippen molar-refractivity contribution in [1.82, 2.24) is 0 Å². The lowest BCUT2D eigenvalue weighted by molar-refractivity contribution is -0.139. The Labute approximate surface area is 138 Å². The van der Waals surface area contributed by atoms with E-state index in [4.69, 9.17) is 14.2 Å². The number of amides is 1. The van der Waals surface area contributed by atoms with E-state index in [0.29, 0.717) is 13.2 Å². The van der Waals surface area contributed by atoms with Crippen LogP contribution in [0.3, 0.4) is 0 Å². The Hall–Kier alpha value is -1.59. The van der Waals surface area contributed by atoms with Crippen molar-refractivity contribution in [3.8, 4) is 5.75 Å². The van der Waals surface area contributed by atoms with Gasteiger partial charge in [-0.05, 0) is 37.1 Å². The molecule has 1 aliphatic carbocycles. The molecular weight excluding hydrogens is 294 g/mol. The molecule has 0 radical (unpaired) electrons. The Morgan fingerprint density at radius 3 is 2.26 bits per heavy atom. The molecule has 23 heavy (non-hydrogen) atoms. The molecule has 1 N–H and O–H groups in total. The molecule has 0 heterocycles. The number of carbonyl (C=O) groups excluding carboxylic acids is 1. The second kappa shape index (κ2) is 8.89. The summed E-state index contributed by atoms with van der Waals surface area (Å²) in [5.74, 6) is 0.714. The fraction of sp³-hybridized carbons (Fsp3) is 0.611. The van der Waals surface area contributed by atoms with Gasteiger partial charge in [-0.15, -0.1) is 0 Å². The Bertz CT molecular complexity index is 478. The minimum Gasteiger partial charge on any atom is -0.491 e. The fourth-order valence-electron chi connectivity index (χ4n) is 2.95. The summed E-state index contributed by atoms with van der Waals surface area (Å²) in [5.41, 5.74) is 0.0687. The van der Waals surface area contributed by atoms with E-state index in [1.165, 1.54) is 12.8 Å². The van der Waals surface area contributed by atoms with Gasteiger partial charge in [-0.2, -0.15) is 0 Å². The molecule has 0 saturated heterocycles. The number of anilines is 1. The summed E-state index contributed by atoms with van der Waals surface area (Å²) in [5, 5.41) is 2.98. The molecule has 0 bridgehead atoms. The maximum absolute atomic E-state index is 12.7. The lowest BCUT2D eigenvalue weighted by Gasteiger charge is -2.29. The van der Waals surface area contributed by atoms with E-state index in [9.17, 15) is 4.79 Å². The fourth-order valence-corrected chi connectivity index (χ4v) is 2.95. The number of nitrogens with one attached hydrogen (secondary N) is 1. The van der Waals surface area contributed by atoms with Gasteiger partial charge in [-0.25, -0.2) is 0 Å². The molecule has 128 valence electrons. The van der Waals surface area contributed by atoms with Crippen LogP contribution in [0.25, 0.3) is 0 Å². The van der Waals surface area contributed by atoms with Gasteiger partial charge in [0.15, 0.2) is 0 Å². The van der Waals surface area contributed by atoms with Crippen LogP contribution in [0.1, 0.15) is 38.5 Å². The molecule has 0 aromatic heterocycles. The molecule has 1 fully saturated rings. The maximum atomic E-state index is 12.7. The van der Waals surface area contributed by atoms with E-state index in [2.05, 4.69) is 5.32 Å². The summed E-state index contributed by atoms with van der Waals surface area (Å²) < 4.78 is 16.1. The van der Waals surface area contributed by atoms with Crippen LogP contribution in [0.15, 0.2) is 24.3 Å². The number of methoxy groups -OCH3 is 2. The summed E-state index contributed by atoms with van der Waals surface area (Å²) in [6.45, 7) is 1.06. The van der Waals surface area contributed by atoms with Crippen LogP contribution < -0.4 is 10.1 Å².